The van der Waals surface area contributed by atoms with E-state index in [0.717, 1.165) is 38.4 Å². The average Bonchev–Trinajstić information content (AvgIpc) is 3.25. The molecule has 2 aromatic rings. The minimum absolute atomic E-state index is 0.0813. The SMILES string of the molecule is CCOC(=O)c1ccc(OCCC(C)N2CCN(c3nc(C(C)C)no3)CC2)cc1F. The number of hydrogen-bond donors (Lipinski definition) is 0. The molecule has 1 unspecified atom stereocenters. The molecule has 2 heterocycles. The third kappa shape index (κ3) is 5.94. The number of aromatic nitrogens is 2. The van der Waals surface area contributed by atoms with Crippen molar-refractivity contribution in [3.05, 3.63) is 35.4 Å². The molecule has 1 saturated heterocycles. The lowest BCUT2D eigenvalue weighted by atomic mass is 10.2. The highest BCUT2D eigenvalue weighted by molar-refractivity contribution is 5.89. The summed E-state index contributed by atoms with van der Waals surface area (Å²) in [5.41, 5.74) is -0.0813. The molecule has 170 valence electrons. The third-order valence-corrected chi connectivity index (χ3v) is 5.40. The second kappa shape index (κ2) is 10.6. The van der Waals surface area contributed by atoms with Gasteiger partial charge >= 0.3 is 12.0 Å². The number of halogens is 1. The third-order valence-electron chi connectivity index (χ3n) is 5.40. The number of carbonyl (C=O) groups excluding carboxylic acids is 1. The highest BCUT2D eigenvalue weighted by Gasteiger charge is 2.24. The molecule has 1 aromatic carbocycles. The summed E-state index contributed by atoms with van der Waals surface area (Å²) in [5.74, 6) is 0.0743. The average molecular weight is 435 g/mol. The van der Waals surface area contributed by atoms with Gasteiger partial charge in [-0.1, -0.05) is 19.0 Å². The maximum Gasteiger partial charge on any atom is 0.341 e. The summed E-state index contributed by atoms with van der Waals surface area (Å²) in [6, 6.07) is 5.13. The van der Waals surface area contributed by atoms with E-state index < -0.39 is 11.8 Å². The van der Waals surface area contributed by atoms with Crippen molar-refractivity contribution in [3.8, 4) is 5.75 Å². The van der Waals surface area contributed by atoms with Crippen LogP contribution in [0.5, 0.6) is 5.75 Å². The molecule has 3 rings (SSSR count). The summed E-state index contributed by atoms with van der Waals surface area (Å²) in [4.78, 5) is 20.7. The summed E-state index contributed by atoms with van der Waals surface area (Å²) < 4.78 is 30.0. The molecule has 1 aliphatic rings. The zero-order valence-electron chi connectivity index (χ0n) is 18.6. The lowest BCUT2D eigenvalue weighted by Crippen LogP contribution is -2.50. The Labute approximate surface area is 182 Å². The van der Waals surface area contributed by atoms with Crippen molar-refractivity contribution in [2.24, 2.45) is 0 Å². The summed E-state index contributed by atoms with van der Waals surface area (Å²) in [6.45, 7) is 12.0. The molecule has 0 saturated carbocycles. The van der Waals surface area contributed by atoms with E-state index in [2.05, 4.69) is 26.9 Å². The van der Waals surface area contributed by atoms with Crippen LogP contribution >= 0.6 is 0 Å². The lowest BCUT2D eigenvalue weighted by molar-refractivity contribution is 0.0521. The van der Waals surface area contributed by atoms with Gasteiger partial charge in [0.05, 0.1) is 18.8 Å². The number of hydrogen-bond acceptors (Lipinski definition) is 8. The second-order valence-electron chi connectivity index (χ2n) is 7.96. The van der Waals surface area contributed by atoms with Crippen LogP contribution in [0, 0.1) is 5.82 Å². The molecule has 0 radical (unpaired) electrons. The number of anilines is 1. The van der Waals surface area contributed by atoms with Crippen LogP contribution in [0.2, 0.25) is 0 Å². The van der Waals surface area contributed by atoms with Gasteiger partial charge in [0.2, 0.25) is 0 Å². The van der Waals surface area contributed by atoms with Gasteiger partial charge < -0.3 is 18.9 Å². The second-order valence-corrected chi connectivity index (χ2v) is 7.96. The van der Waals surface area contributed by atoms with E-state index in [1.165, 1.54) is 12.1 Å². The predicted octanol–water partition coefficient (Wildman–Crippen LogP) is 3.49. The van der Waals surface area contributed by atoms with Gasteiger partial charge in [-0.2, -0.15) is 4.98 Å². The van der Waals surface area contributed by atoms with Crippen LogP contribution in [0.1, 0.15) is 56.2 Å². The van der Waals surface area contributed by atoms with E-state index in [9.17, 15) is 9.18 Å². The van der Waals surface area contributed by atoms with Crippen LogP contribution in [0.4, 0.5) is 10.4 Å². The fraction of sp³-hybridized carbons (Fsp3) is 0.591. The maximum absolute atomic E-state index is 14.1. The van der Waals surface area contributed by atoms with Crippen LogP contribution in [-0.4, -0.2) is 66.4 Å². The zero-order valence-corrected chi connectivity index (χ0v) is 18.6. The molecule has 31 heavy (non-hydrogen) atoms. The van der Waals surface area contributed by atoms with Crippen LogP contribution < -0.4 is 9.64 Å². The Morgan fingerprint density at radius 2 is 1.97 bits per heavy atom. The number of piperazine rings is 1. The van der Waals surface area contributed by atoms with Crippen molar-refractivity contribution >= 4 is 12.0 Å². The monoisotopic (exact) mass is 434 g/mol. The predicted molar refractivity (Wildman–Crippen MR) is 114 cm³/mol. The maximum atomic E-state index is 14.1. The Morgan fingerprint density at radius 1 is 1.23 bits per heavy atom. The first kappa shape index (κ1) is 23.0. The number of carbonyl (C=O) groups is 1. The summed E-state index contributed by atoms with van der Waals surface area (Å²) in [5, 5.41) is 4.03. The van der Waals surface area contributed by atoms with E-state index in [0.29, 0.717) is 24.4 Å². The molecule has 1 aliphatic heterocycles. The fourth-order valence-corrected chi connectivity index (χ4v) is 3.43. The van der Waals surface area contributed by atoms with Crippen molar-refractivity contribution in [1.82, 2.24) is 15.0 Å². The molecule has 1 aromatic heterocycles. The Balaban J connectivity index is 1.43. The molecule has 1 atom stereocenters. The summed E-state index contributed by atoms with van der Waals surface area (Å²) in [7, 11) is 0. The van der Waals surface area contributed by atoms with Crippen LogP contribution in [0.25, 0.3) is 0 Å². The molecular formula is C22H31FN4O4. The van der Waals surface area contributed by atoms with Crippen molar-refractivity contribution in [2.75, 3.05) is 44.3 Å². The Kier molecular flexibility index (Phi) is 7.84. The first-order valence-electron chi connectivity index (χ1n) is 10.8. The first-order valence-corrected chi connectivity index (χ1v) is 10.8. The number of esters is 1. The van der Waals surface area contributed by atoms with E-state index in [4.69, 9.17) is 14.0 Å². The van der Waals surface area contributed by atoms with Crippen molar-refractivity contribution in [2.45, 2.75) is 46.1 Å². The quantitative estimate of drug-likeness (QED) is 0.555. The van der Waals surface area contributed by atoms with Gasteiger partial charge in [-0.15, -0.1) is 0 Å². The molecule has 8 nitrogen and oxygen atoms in total. The highest BCUT2D eigenvalue weighted by atomic mass is 19.1. The highest BCUT2D eigenvalue weighted by Crippen LogP contribution is 2.20. The Morgan fingerprint density at radius 3 is 2.58 bits per heavy atom. The smallest absolute Gasteiger partial charge is 0.341 e. The van der Waals surface area contributed by atoms with Gasteiger partial charge in [-0.3, -0.25) is 4.90 Å². The molecule has 0 aliphatic carbocycles. The zero-order chi connectivity index (χ0) is 22.4. The molecule has 9 heteroatoms. The topological polar surface area (TPSA) is 80.9 Å². The van der Waals surface area contributed by atoms with Crippen LogP contribution in [0.15, 0.2) is 22.7 Å². The minimum Gasteiger partial charge on any atom is -0.493 e. The number of ether oxygens (including phenoxy) is 2. The molecule has 0 spiro atoms. The molecular weight excluding hydrogens is 403 g/mol. The normalized spacial score (nSPS) is 15.9. The van der Waals surface area contributed by atoms with Gasteiger partial charge in [0, 0.05) is 44.2 Å². The Hall–Kier alpha value is -2.68. The van der Waals surface area contributed by atoms with Crippen molar-refractivity contribution < 1.29 is 23.2 Å². The van der Waals surface area contributed by atoms with E-state index in [-0.39, 0.29) is 18.1 Å². The van der Waals surface area contributed by atoms with E-state index in [1.54, 1.807) is 13.0 Å². The molecule has 0 N–H and O–H groups in total. The summed E-state index contributed by atoms with van der Waals surface area (Å²) in [6.07, 6.45) is 0.805. The Bertz CT molecular complexity index is 865. The summed E-state index contributed by atoms with van der Waals surface area (Å²) >= 11 is 0. The number of benzene rings is 1. The molecule has 0 bridgehead atoms. The first-order chi connectivity index (χ1) is 14.9. The van der Waals surface area contributed by atoms with Gasteiger partial charge in [0.1, 0.15) is 11.6 Å². The van der Waals surface area contributed by atoms with Gasteiger partial charge in [-0.05, 0) is 32.4 Å². The standard InChI is InChI=1S/C22H31FN4O4/c1-5-29-21(28)18-7-6-17(14-19(18)23)30-13-8-16(4)26-9-11-27(12-10-26)22-24-20(15(2)3)25-31-22/h6-7,14-16H,5,8-13H2,1-4H3. The van der Waals surface area contributed by atoms with Gasteiger partial charge in [-0.25, -0.2) is 9.18 Å². The largest absolute Gasteiger partial charge is 0.493 e. The van der Waals surface area contributed by atoms with E-state index in [1.807, 2.05) is 13.8 Å². The van der Waals surface area contributed by atoms with Crippen LogP contribution in [-0.2, 0) is 4.74 Å². The fourth-order valence-electron chi connectivity index (χ4n) is 3.43. The van der Waals surface area contributed by atoms with Gasteiger partial charge in [0.15, 0.2) is 5.82 Å². The molecule has 1 fully saturated rings. The van der Waals surface area contributed by atoms with Crippen molar-refractivity contribution in [1.29, 1.82) is 0 Å². The molecule has 0 amide bonds. The van der Waals surface area contributed by atoms with Gasteiger partial charge in [0.25, 0.3) is 0 Å². The number of rotatable bonds is 9. The van der Waals surface area contributed by atoms with Crippen molar-refractivity contribution in [3.63, 3.8) is 0 Å². The van der Waals surface area contributed by atoms with E-state index >= 15 is 0 Å². The van der Waals surface area contributed by atoms with Crippen LogP contribution in [0.3, 0.4) is 0 Å². The minimum atomic E-state index is -0.666. The lowest BCUT2D eigenvalue weighted by Gasteiger charge is -2.37. The number of nitrogens with zero attached hydrogens (tertiary/aromatic N) is 4.